The minimum absolute atomic E-state index is 0.0342. The number of anilines is 1. The normalized spacial score (nSPS) is 11.0. The van der Waals surface area contributed by atoms with Crippen molar-refractivity contribution in [2.75, 3.05) is 18.9 Å². The summed E-state index contributed by atoms with van der Waals surface area (Å²) in [4.78, 5) is 24.2. The summed E-state index contributed by atoms with van der Waals surface area (Å²) in [6, 6.07) is 2.78. The van der Waals surface area contributed by atoms with Gasteiger partial charge in [0.15, 0.2) is 0 Å². The summed E-state index contributed by atoms with van der Waals surface area (Å²) in [5, 5.41) is 4.78. The molecule has 0 heterocycles. The molecule has 2 N–H and O–H groups in total. The number of hydrogen-bond donors (Lipinski definition) is 2. The van der Waals surface area contributed by atoms with Gasteiger partial charge in [-0.3, -0.25) is 0 Å². The zero-order chi connectivity index (χ0) is 16.8. The monoisotopic (exact) mass is 317 g/mol. The number of carbonyl (C=O) groups is 2. The van der Waals surface area contributed by atoms with E-state index >= 15 is 0 Å². The first-order valence-corrected chi connectivity index (χ1v) is 6.75. The van der Waals surface area contributed by atoms with Crippen molar-refractivity contribution in [3.8, 4) is 0 Å². The van der Waals surface area contributed by atoms with E-state index in [0.29, 0.717) is 6.54 Å². The Kier molecular flexibility index (Phi) is 6.21. The first-order chi connectivity index (χ1) is 10.3. The molecule has 8 heteroatoms. The number of unbranched alkanes of at least 4 members (excludes halogenated alkanes) is 1. The zero-order valence-electron chi connectivity index (χ0n) is 12.3. The van der Waals surface area contributed by atoms with E-state index in [1.807, 2.05) is 6.92 Å². The van der Waals surface area contributed by atoms with E-state index in [2.05, 4.69) is 10.6 Å². The van der Waals surface area contributed by atoms with Gasteiger partial charge < -0.3 is 10.6 Å². The highest BCUT2D eigenvalue weighted by Gasteiger charge is 2.30. The van der Waals surface area contributed by atoms with Gasteiger partial charge in [-0.2, -0.15) is 13.2 Å². The number of urea groups is 2. The molecule has 0 aromatic heterocycles. The maximum Gasteiger partial charge on any atom is 0.416 e. The third kappa shape index (κ3) is 5.27. The van der Waals surface area contributed by atoms with Gasteiger partial charge in [-0.15, -0.1) is 0 Å². The highest BCUT2D eigenvalue weighted by atomic mass is 19.4. The number of alkyl halides is 3. The van der Waals surface area contributed by atoms with Crippen LogP contribution in [0.2, 0.25) is 0 Å². The summed E-state index contributed by atoms with van der Waals surface area (Å²) in [5.74, 6) is 0. The molecule has 0 aliphatic heterocycles. The molecule has 0 aliphatic rings. The lowest BCUT2D eigenvalue weighted by Gasteiger charge is -2.17. The van der Waals surface area contributed by atoms with Gasteiger partial charge >= 0.3 is 18.2 Å². The fraction of sp³-hybridized carbons (Fsp3) is 0.429. The molecular formula is C14H18F3N3O2. The molecule has 0 bridgehead atoms. The van der Waals surface area contributed by atoms with E-state index in [4.69, 9.17) is 0 Å². The summed E-state index contributed by atoms with van der Waals surface area (Å²) in [6.07, 6.45) is -2.83. The number of rotatable bonds is 4. The van der Waals surface area contributed by atoms with Crippen molar-refractivity contribution in [1.82, 2.24) is 10.2 Å². The van der Waals surface area contributed by atoms with Crippen molar-refractivity contribution in [3.63, 3.8) is 0 Å². The van der Waals surface area contributed by atoms with Crippen molar-refractivity contribution >= 4 is 17.7 Å². The molecule has 0 spiro atoms. The molecule has 0 radical (unpaired) electrons. The molecule has 22 heavy (non-hydrogen) atoms. The van der Waals surface area contributed by atoms with Crippen LogP contribution in [0.4, 0.5) is 28.4 Å². The number of nitrogens with zero attached hydrogens (tertiary/aromatic N) is 1. The number of nitrogens with one attached hydrogen (secondary N) is 2. The predicted octanol–water partition coefficient (Wildman–Crippen LogP) is 3.68. The molecule has 1 aromatic rings. The first kappa shape index (κ1) is 17.8. The van der Waals surface area contributed by atoms with Gasteiger partial charge in [0, 0.05) is 19.3 Å². The Morgan fingerprint density at radius 3 is 2.50 bits per heavy atom. The van der Waals surface area contributed by atoms with Crippen molar-refractivity contribution in [2.24, 2.45) is 0 Å². The molecule has 5 nitrogen and oxygen atoms in total. The van der Waals surface area contributed by atoms with Crippen LogP contribution in [0.25, 0.3) is 0 Å². The lowest BCUT2D eigenvalue weighted by Crippen LogP contribution is -2.43. The van der Waals surface area contributed by atoms with Gasteiger partial charge in [0.05, 0.1) is 5.56 Å². The van der Waals surface area contributed by atoms with Gasteiger partial charge in [-0.1, -0.05) is 19.4 Å². The zero-order valence-corrected chi connectivity index (χ0v) is 12.3. The van der Waals surface area contributed by atoms with Crippen LogP contribution >= 0.6 is 0 Å². The number of hydrogen-bond acceptors (Lipinski definition) is 2. The van der Waals surface area contributed by atoms with Crippen LogP contribution in [0.3, 0.4) is 0 Å². The lowest BCUT2D eigenvalue weighted by atomic mass is 10.2. The third-order valence-corrected chi connectivity index (χ3v) is 2.86. The molecule has 1 aromatic carbocycles. The molecule has 0 unspecified atom stereocenters. The van der Waals surface area contributed by atoms with Gasteiger partial charge in [-0.05, 0) is 24.6 Å². The summed E-state index contributed by atoms with van der Waals surface area (Å²) < 4.78 is 37.7. The van der Waals surface area contributed by atoms with Gasteiger partial charge in [0.2, 0.25) is 0 Å². The molecule has 4 amide bonds. The fourth-order valence-corrected chi connectivity index (χ4v) is 1.56. The van der Waals surface area contributed by atoms with Crippen LogP contribution in [-0.2, 0) is 6.18 Å². The van der Waals surface area contributed by atoms with E-state index in [9.17, 15) is 22.8 Å². The average molecular weight is 317 g/mol. The van der Waals surface area contributed by atoms with Crippen molar-refractivity contribution in [1.29, 1.82) is 0 Å². The topological polar surface area (TPSA) is 61.4 Å². The quantitative estimate of drug-likeness (QED) is 0.832. The van der Waals surface area contributed by atoms with E-state index in [1.165, 1.54) is 19.2 Å². The van der Waals surface area contributed by atoms with Crippen molar-refractivity contribution in [2.45, 2.75) is 25.9 Å². The number of benzene rings is 1. The molecule has 0 atom stereocenters. The van der Waals surface area contributed by atoms with Crippen LogP contribution in [-0.4, -0.2) is 30.6 Å². The Labute approximate surface area is 126 Å². The highest BCUT2D eigenvalue weighted by molar-refractivity contribution is 6.00. The van der Waals surface area contributed by atoms with Crippen LogP contribution in [0.5, 0.6) is 0 Å². The van der Waals surface area contributed by atoms with E-state index in [0.717, 1.165) is 29.9 Å². The summed E-state index contributed by atoms with van der Waals surface area (Å²) in [7, 11) is 1.24. The summed E-state index contributed by atoms with van der Waals surface area (Å²) in [5.41, 5.74) is -0.909. The van der Waals surface area contributed by atoms with E-state index < -0.39 is 23.8 Å². The van der Waals surface area contributed by atoms with Gasteiger partial charge in [-0.25, -0.2) is 14.5 Å². The summed E-state index contributed by atoms with van der Waals surface area (Å²) in [6.45, 7) is 2.38. The number of imide groups is 1. The molecule has 0 saturated carbocycles. The maximum absolute atomic E-state index is 12.6. The van der Waals surface area contributed by atoms with Crippen LogP contribution in [0, 0.1) is 0 Å². The first-order valence-electron chi connectivity index (χ1n) is 6.75. The lowest BCUT2D eigenvalue weighted by molar-refractivity contribution is -0.137. The second-order valence-electron chi connectivity index (χ2n) is 4.65. The Morgan fingerprint density at radius 2 is 1.91 bits per heavy atom. The van der Waals surface area contributed by atoms with E-state index in [-0.39, 0.29) is 5.69 Å². The molecule has 122 valence electrons. The third-order valence-electron chi connectivity index (χ3n) is 2.86. The average Bonchev–Trinajstić information content (AvgIpc) is 2.46. The van der Waals surface area contributed by atoms with Crippen LogP contribution in [0.1, 0.15) is 25.3 Å². The van der Waals surface area contributed by atoms with Gasteiger partial charge in [0.1, 0.15) is 0 Å². The largest absolute Gasteiger partial charge is 0.416 e. The highest BCUT2D eigenvalue weighted by Crippen LogP contribution is 2.30. The van der Waals surface area contributed by atoms with Gasteiger partial charge in [0.25, 0.3) is 0 Å². The number of amides is 4. The van der Waals surface area contributed by atoms with Crippen molar-refractivity contribution in [3.05, 3.63) is 29.8 Å². The second-order valence-corrected chi connectivity index (χ2v) is 4.65. The smallest absolute Gasteiger partial charge is 0.338 e. The minimum Gasteiger partial charge on any atom is -0.338 e. The Balaban J connectivity index is 2.66. The van der Waals surface area contributed by atoms with Crippen molar-refractivity contribution < 1.29 is 22.8 Å². The second kappa shape index (κ2) is 7.67. The Bertz CT molecular complexity index is 532. The molecular weight excluding hydrogens is 299 g/mol. The van der Waals surface area contributed by atoms with Crippen LogP contribution < -0.4 is 10.6 Å². The minimum atomic E-state index is -4.50. The van der Waals surface area contributed by atoms with E-state index in [1.54, 1.807) is 0 Å². The molecule has 0 aliphatic carbocycles. The Morgan fingerprint density at radius 1 is 1.23 bits per heavy atom. The van der Waals surface area contributed by atoms with Crippen LogP contribution in [0.15, 0.2) is 24.3 Å². The molecule has 1 rings (SSSR count). The summed E-state index contributed by atoms with van der Waals surface area (Å²) >= 11 is 0. The number of carbonyl (C=O) groups excluding carboxylic acids is 2. The standard InChI is InChI=1S/C14H18F3N3O2/c1-3-4-8-18-12(21)20(2)13(22)19-11-7-5-6-10(9-11)14(15,16)17/h5-7,9H,3-4,8H2,1-2H3,(H,18,21)(H,19,22). The fourth-order valence-electron chi connectivity index (χ4n) is 1.56. The molecule has 0 fully saturated rings. The Hall–Kier alpha value is -2.25. The number of halogens is 3. The maximum atomic E-state index is 12.6. The predicted molar refractivity (Wildman–Crippen MR) is 76.5 cm³/mol. The molecule has 0 saturated heterocycles. The SMILES string of the molecule is CCCCNC(=O)N(C)C(=O)Nc1cccc(C(F)(F)F)c1.